The maximum absolute atomic E-state index is 11.8. The summed E-state index contributed by atoms with van der Waals surface area (Å²) < 4.78 is 0. The van der Waals surface area contributed by atoms with Crippen molar-refractivity contribution in [3.8, 4) is 0 Å². The molecule has 16 heavy (non-hydrogen) atoms. The number of carbonyl (C=O) groups excluding carboxylic acids is 1. The molecule has 4 heteroatoms. The van der Waals surface area contributed by atoms with E-state index < -0.39 is 0 Å². The highest BCUT2D eigenvalue weighted by Gasteiger charge is 2.37. The summed E-state index contributed by atoms with van der Waals surface area (Å²) in [5, 5.41) is 9.21. The molecule has 0 aromatic rings. The van der Waals surface area contributed by atoms with Crippen LogP contribution in [-0.2, 0) is 4.79 Å². The number of aliphatic hydroxyl groups excluding tert-OH is 1. The second-order valence-corrected chi connectivity index (χ2v) is 4.40. The normalized spacial score (nSPS) is 26.0. The highest BCUT2D eigenvalue weighted by atomic mass is 16.3. The van der Waals surface area contributed by atoms with Crippen molar-refractivity contribution in [2.24, 2.45) is 5.92 Å². The summed E-state index contributed by atoms with van der Waals surface area (Å²) in [6.45, 7) is 6.59. The first-order valence-electron chi connectivity index (χ1n) is 6.32. The summed E-state index contributed by atoms with van der Waals surface area (Å²) in [4.78, 5) is 15.9. The molecule has 1 aliphatic carbocycles. The van der Waals surface area contributed by atoms with Gasteiger partial charge in [-0.15, -0.1) is 0 Å². The molecule has 2 fully saturated rings. The van der Waals surface area contributed by atoms with Gasteiger partial charge in [-0.3, -0.25) is 4.79 Å². The molecule has 1 amide bonds. The molecule has 0 aromatic heterocycles. The molecule has 1 saturated heterocycles. The number of likely N-dealkylation sites (N-methyl/N-ethyl adjacent to an activating group) is 1. The number of hydrogen-bond acceptors (Lipinski definition) is 3. The van der Waals surface area contributed by atoms with Crippen LogP contribution in [0.3, 0.4) is 0 Å². The third kappa shape index (κ3) is 3.19. The number of nitrogens with zero attached hydrogens (tertiary/aromatic N) is 2. The molecular formula is C12H24N2O2. The number of carbonyl (C=O) groups is 1. The van der Waals surface area contributed by atoms with Crippen molar-refractivity contribution in [2.75, 3.05) is 33.3 Å². The van der Waals surface area contributed by atoms with Gasteiger partial charge < -0.3 is 14.9 Å². The molecule has 1 N–H and O–H groups in total. The lowest BCUT2D eigenvalue weighted by atomic mass is 10.1. The minimum absolute atomic E-state index is 0.0156. The van der Waals surface area contributed by atoms with Crippen molar-refractivity contribution in [1.29, 1.82) is 0 Å². The van der Waals surface area contributed by atoms with Crippen molar-refractivity contribution in [1.82, 2.24) is 9.80 Å². The largest absolute Gasteiger partial charge is 0.394 e. The van der Waals surface area contributed by atoms with Crippen molar-refractivity contribution in [2.45, 2.75) is 32.7 Å². The molecule has 2 rings (SSSR count). The first-order chi connectivity index (χ1) is 7.72. The van der Waals surface area contributed by atoms with Gasteiger partial charge in [0, 0.05) is 25.6 Å². The average Bonchev–Trinajstić information content (AvgIpc) is 3.14. The fraction of sp³-hybridized carbons (Fsp3) is 0.917. The van der Waals surface area contributed by atoms with Crippen LogP contribution in [0.25, 0.3) is 0 Å². The molecule has 0 aromatic carbocycles. The van der Waals surface area contributed by atoms with Gasteiger partial charge in [0.2, 0.25) is 5.91 Å². The van der Waals surface area contributed by atoms with Gasteiger partial charge >= 0.3 is 0 Å². The van der Waals surface area contributed by atoms with Crippen LogP contribution in [-0.4, -0.2) is 60.1 Å². The Morgan fingerprint density at radius 2 is 1.94 bits per heavy atom. The van der Waals surface area contributed by atoms with Gasteiger partial charge in [-0.25, -0.2) is 0 Å². The molecule has 0 radical (unpaired) electrons. The van der Waals surface area contributed by atoms with Crippen LogP contribution in [0, 0.1) is 5.92 Å². The zero-order valence-corrected chi connectivity index (χ0v) is 10.6. The van der Waals surface area contributed by atoms with E-state index in [1.165, 1.54) is 0 Å². The molecule has 1 unspecified atom stereocenters. The van der Waals surface area contributed by atoms with Gasteiger partial charge in [-0.2, -0.15) is 0 Å². The fourth-order valence-corrected chi connectivity index (χ4v) is 2.02. The molecule has 0 spiro atoms. The predicted octanol–water partition coefficient (Wildman–Crippen LogP) is 0.557. The van der Waals surface area contributed by atoms with Gasteiger partial charge in [-0.1, -0.05) is 13.8 Å². The Morgan fingerprint density at radius 3 is 2.44 bits per heavy atom. The molecule has 0 bridgehead atoms. The predicted molar refractivity (Wildman–Crippen MR) is 64.2 cm³/mol. The van der Waals surface area contributed by atoms with E-state index in [9.17, 15) is 9.90 Å². The monoisotopic (exact) mass is 228 g/mol. The molecule has 1 saturated carbocycles. The SMILES string of the molecule is CC.CN1CCN(C(=O)C2CC2)C(CO)C1. The minimum Gasteiger partial charge on any atom is -0.394 e. The van der Waals surface area contributed by atoms with E-state index in [4.69, 9.17) is 0 Å². The number of aliphatic hydroxyl groups is 1. The molecule has 94 valence electrons. The van der Waals surface area contributed by atoms with Crippen LogP contribution < -0.4 is 0 Å². The fourth-order valence-electron chi connectivity index (χ4n) is 2.02. The Morgan fingerprint density at radius 1 is 1.31 bits per heavy atom. The number of hydrogen-bond donors (Lipinski definition) is 1. The highest BCUT2D eigenvalue weighted by molar-refractivity contribution is 5.81. The molecular weight excluding hydrogens is 204 g/mol. The van der Waals surface area contributed by atoms with Gasteiger partial charge in [0.1, 0.15) is 0 Å². The molecule has 4 nitrogen and oxygen atoms in total. The van der Waals surface area contributed by atoms with E-state index in [1.807, 2.05) is 25.8 Å². The standard InChI is InChI=1S/C10H18N2O2.C2H6/c1-11-4-5-12(9(6-11)7-13)10(14)8-2-3-8;1-2/h8-9,13H,2-7H2,1H3;1-2H3. The van der Waals surface area contributed by atoms with Crippen LogP contribution >= 0.6 is 0 Å². The second-order valence-electron chi connectivity index (χ2n) is 4.40. The molecule has 1 atom stereocenters. The van der Waals surface area contributed by atoms with Crippen LogP contribution in [0.2, 0.25) is 0 Å². The zero-order chi connectivity index (χ0) is 12.1. The molecule has 1 heterocycles. The third-order valence-electron chi connectivity index (χ3n) is 3.11. The molecule has 1 aliphatic heterocycles. The third-order valence-corrected chi connectivity index (χ3v) is 3.11. The topological polar surface area (TPSA) is 43.8 Å². The van der Waals surface area contributed by atoms with Crippen molar-refractivity contribution < 1.29 is 9.90 Å². The average molecular weight is 228 g/mol. The smallest absolute Gasteiger partial charge is 0.226 e. The Balaban J connectivity index is 0.000000606. The Labute approximate surface area is 98.2 Å². The lowest BCUT2D eigenvalue weighted by Crippen LogP contribution is -2.55. The number of piperazine rings is 1. The maximum Gasteiger partial charge on any atom is 0.226 e. The first kappa shape index (κ1) is 13.5. The number of amides is 1. The van der Waals surface area contributed by atoms with Gasteiger partial charge in [0.25, 0.3) is 0 Å². The maximum atomic E-state index is 11.8. The summed E-state index contributed by atoms with van der Waals surface area (Å²) in [7, 11) is 2.03. The Hall–Kier alpha value is -0.610. The summed E-state index contributed by atoms with van der Waals surface area (Å²) >= 11 is 0. The molecule has 2 aliphatic rings. The Kier molecular flexibility index (Phi) is 5.22. The van der Waals surface area contributed by atoms with E-state index in [1.54, 1.807) is 0 Å². The van der Waals surface area contributed by atoms with E-state index in [2.05, 4.69) is 4.90 Å². The van der Waals surface area contributed by atoms with Crippen molar-refractivity contribution in [3.63, 3.8) is 0 Å². The summed E-state index contributed by atoms with van der Waals surface area (Å²) in [5.74, 6) is 0.532. The lowest BCUT2D eigenvalue weighted by molar-refractivity contribution is -0.138. The summed E-state index contributed by atoms with van der Waals surface area (Å²) in [6, 6.07) is 0.0156. The quantitative estimate of drug-likeness (QED) is 0.751. The zero-order valence-electron chi connectivity index (χ0n) is 10.6. The van der Waals surface area contributed by atoms with Crippen LogP contribution in [0.1, 0.15) is 26.7 Å². The summed E-state index contributed by atoms with van der Waals surface area (Å²) in [5.41, 5.74) is 0. The highest BCUT2D eigenvalue weighted by Crippen LogP contribution is 2.32. The van der Waals surface area contributed by atoms with Gasteiger partial charge in [0.05, 0.1) is 12.6 Å². The van der Waals surface area contributed by atoms with Crippen molar-refractivity contribution >= 4 is 5.91 Å². The van der Waals surface area contributed by atoms with E-state index >= 15 is 0 Å². The van der Waals surface area contributed by atoms with Gasteiger partial charge in [-0.05, 0) is 19.9 Å². The van der Waals surface area contributed by atoms with Crippen LogP contribution in [0.5, 0.6) is 0 Å². The van der Waals surface area contributed by atoms with Crippen molar-refractivity contribution in [3.05, 3.63) is 0 Å². The first-order valence-corrected chi connectivity index (χ1v) is 6.32. The van der Waals surface area contributed by atoms with Crippen LogP contribution in [0.4, 0.5) is 0 Å². The van der Waals surface area contributed by atoms with E-state index in [0.717, 1.165) is 32.5 Å². The minimum atomic E-state index is 0.0156. The number of rotatable bonds is 2. The second kappa shape index (κ2) is 6.21. The van der Waals surface area contributed by atoms with Crippen LogP contribution in [0.15, 0.2) is 0 Å². The van der Waals surface area contributed by atoms with E-state index in [-0.39, 0.29) is 24.5 Å². The Bertz CT molecular complexity index is 229. The summed E-state index contributed by atoms with van der Waals surface area (Å²) in [6.07, 6.45) is 2.09. The lowest BCUT2D eigenvalue weighted by Gasteiger charge is -2.39. The van der Waals surface area contributed by atoms with E-state index in [0.29, 0.717) is 0 Å². The van der Waals surface area contributed by atoms with Gasteiger partial charge in [0.15, 0.2) is 0 Å².